The maximum Gasteiger partial charge on any atom is 0.157 e. The number of furan rings is 1. The Kier molecular flexibility index (Phi) is 2.76. The van der Waals surface area contributed by atoms with Crippen molar-refractivity contribution in [3.8, 4) is 0 Å². The van der Waals surface area contributed by atoms with E-state index < -0.39 is 0 Å². The number of anilines is 3. The van der Waals surface area contributed by atoms with Crippen LogP contribution < -0.4 is 11.1 Å². The number of aryl methyl sites for hydroxylation is 1. The molecule has 22 heavy (non-hydrogen) atoms. The number of nitrogens with one attached hydrogen (secondary N) is 1. The van der Waals surface area contributed by atoms with Crippen LogP contribution in [0.25, 0.3) is 21.9 Å². The van der Waals surface area contributed by atoms with Crippen LogP contribution in [0.2, 0.25) is 0 Å². The summed E-state index contributed by atoms with van der Waals surface area (Å²) in [7, 11) is 0. The minimum Gasteiger partial charge on any atom is -0.459 e. The fourth-order valence-corrected chi connectivity index (χ4v) is 2.68. The molecule has 0 aliphatic carbocycles. The molecule has 4 heteroatoms. The van der Waals surface area contributed by atoms with Gasteiger partial charge in [-0.2, -0.15) is 0 Å². The molecule has 0 saturated heterocycles. The third-order valence-corrected chi connectivity index (χ3v) is 3.70. The van der Waals surface area contributed by atoms with E-state index in [1.54, 1.807) is 0 Å². The number of rotatable bonds is 2. The Morgan fingerprint density at radius 2 is 1.91 bits per heavy atom. The molecule has 2 heterocycles. The summed E-state index contributed by atoms with van der Waals surface area (Å²) in [4.78, 5) is 4.61. The van der Waals surface area contributed by atoms with Gasteiger partial charge in [-0.3, -0.25) is 0 Å². The summed E-state index contributed by atoms with van der Waals surface area (Å²) >= 11 is 0. The summed E-state index contributed by atoms with van der Waals surface area (Å²) in [6.07, 6.45) is 0. The van der Waals surface area contributed by atoms with Crippen molar-refractivity contribution < 1.29 is 4.42 Å². The van der Waals surface area contributed by atoms with Gasteiger partial charge in [-0.1, -0.05) is 18.2 Å². The summed E-state index contributed by atoms with van der Waals surface area (Å²) in [5.74, 6) is 1.66. The van der Waals surface area contributed by atoms with Crippen LogP contribution in [0.5, 0.6) is 0 Å². The highest BCUT2D eigenvalue weighted by atomic mass is 16.3. The van der Waals surface area contributed by atoms with Crippen LogP contribution in [0.1, 0.15) is 5.76 Å². The zero-order valence-electron chi connectivity index (χ0n) is 12.1. The molecule has 0 fully saturated rings. The molecule has 2 aromatic carbocycles. The Morgan fingerprint density at radius 1 is 1.05 bits per heavy atom. The fourth-order valence-electron chi connectivity index (χ4n) is 2.68. The minimum absolute atomic E-state index is 0.736. The normalized spacial score (nSPS) is 11.1. The zero-order valence-corrected chi connectivity index (χ0v) is 12.1. The van der Waals surface area contributed by atoms with Gasteiger partial charge in [0, 0.05) is 16.5 Å². The minimum atomic E-state index is 0.736. The molecule has 0 saturated carbocycles. The van der Waals surface area contributed by atoms with Crippen LogP contribution >= 0.6 is 0 Å². The first-order valence-corrected chi connectivity index (χ1v) is 7.12. The zero-order chi connectivity index (χ0) is 15.1. The van der Waals surface area contributed by atoms with Gasteiger partial charge in [-0.25, -0.2) is 4.98 Å². The predicted octanol–water partition coefficient (Wildman–Crippen LogP) is 4.62. The molecule has 0 spiro atoms. The first-order chi connectivity index (χ1) is 10.7. The molecule has 0 aliphatic heterocycles. The van der Waals surface area contributed by atoms with E-state index in [0.29, 0.717) is 0 Å². The summed E-state index contributed by atoms with van der Waals surface area (Å²) in [5.41, 5.74) is 9.31. The van der Waals surface area contributed by atoms with Gasteiger partial charge in [0.1, 0.15) is 11.6 Å². The molecule has 0 radical (unpaired) electrons. The number of aromatic nitrogens is 1. The molecule has 0 amide bonds. The number of para-hydroxylation sites is 1. The lowest BCUT2D eigenvalue weighted by molar-refractivity contribution is 0.579. The van der Waals surface area contributed by atoms with Crippen LogP contribution in [0.15, 0.2) is 59.0 Å². The van der Waals surface area contributed by atoms with E-state index >= 15 is 0 Å². The SMILES string of the molecule is Cc1cc2cccc(Nc3ccc4c(N)cccc4n3)c2o1. The van der Waals surface area contributed by atoms with Crippen molar-refractivity contribution in [2.24, 2.45) is 0 Å². The van der Waals surface area contributed by atoms with E-state index in [4.69, 9.17) is 10.2 Å². The van der Waals surface area contributed by atoms with Crippen molar-refractivity contribution in [3.05, 3.63) is 60.4 Å². The van der Waals surface area contributed by atoms with Crippen molar-refractivity contribution in [2.75, 3.05) is 11.1 Å². The number of nitrogen functional groups attached to an aromatic ring is 1. The lowest BCUT2D eigenvalue weighted by atomic mass is 10.2. The molecule has 3 N–H and O–H groups in total. The molecule has 4 nitrogen and oxygen atoms in total. The van der Waals surface area contributed by atoms with Gasteiger partial charge in [0.2, 0.25) is 0 Å². The summed E-state index contributed by atoms with van der Waals surface area (Å²) in [6.45, 7) is 1.95. The smallest absolute Gasteiger partial charge is 0.157 e. The fraction of sp³-hybridized carbons (Fsp3) is 0.0556. The van der Waals surface area contributed by atoms with Gasteiger partial charge >= 0.3 is 0 Å². The lowest BCUT2D eigenvalue weighted by Crippen LogP contribution is -1.95. The third-order valence-electron chi connectivity index (χ3n) is 3.70. The number of nitrogens with two attached hydrogens (primary N) is 1. The van der Waals surface area contributed by atoms with E-state index in [0.717, 1.165) is 44.8 Å². The summed E-state index contributed by atoms with van der Waals surface area (Å²) in [6, 6.07) is 17.7. The molecule has 4 aromatic rings. The number of hydrogen-bond acceptors (Lipinski definition) is 4. The lowest BCUT2D eigenvalue weighted by Gasteiger charge is -2.08. The van der Waals surface area contributed by atoms with E-state index in [-0.39, 0.29) is 0 Å². The summed E-state index contributed by atoms with van der Waals surface area (Å²) in [5, 5.41) is 5.36. The largest absolute Gasteiger partial charge is 0.459 e. The second-order valence-corrected chi connectivity index (χ2v) is 5.32. The van der Waals surface area contributed by atoms with Gasteiger partial charge in [-0.05, 0) is 43.3 Å². The van der Waals surface area contributed by atoms with E-state index in [2.05, 4.69) is 10.3 Å². The number of nitrogens with zero attached hydrogens (tertiary/aromatic N) is 1. The highest BCUT2D eigenvalue weighted by molar-refractivity contribution is 5.93. The number of fused-ring (bicyclic) bond motifs is 2. The molecule has 0 aliphatic rings. The standard InChI is InChI=1S/C18H15N3O/c1-11-10-12-4-2-7-16(18(12)22-11)21-17-9-8-13-14(19)5-3-6-15(13)20-17/h2-10H,19H2,1H3,(H,20,21). The van der Waals surface area contributed by atoms with Gasteiger partial charge in [0.05, 0.1) is 11.2 Å². The van der Waals surface area contributed by atoms with Gasteiger partial charge < -0.3 is 15.5 Å². The topological polar surface area (TPSA) is 64.1 Å². The van der Waals surface area contributed by atoms with Crippen molar-refractivity contribution in [1.82, 2.24) is 4.98 Å². The molecule has 2 aromatic heterocycles. The summed E-state index contributed by atoms with van der Waals surface area (Å²) < 4.78 is 5.77. The first kappa shape index (κ1) is 12.7. The molecule has 108 valence electrons. The van der Waals surface area contributed by atoms with Crippen molar-refractivity contribution in [1.29, 1.82) is 0 Å². The average molecular weight is 289 g/mol. The van der Waals surface area contributed by atoms with E-state index in [1.165, 1.54) is 0 Å². The molecular weight excluding hydrogens is 274 g/mol. The highest BCUT2D eigenvalue weighted by Gasteiger charge is 2.07. The Bertz CT molecular complexity index is 988. The quantitative estimate of drug-likeness (QED) is 0.529. The van der Waals surface area contributed by atoms with Crippen LogP contribution in [0.3, 0.4) is 0 Å². The first-order valence-electron chi connectivity index (χ1n) is 7.12. The Hall–Kier alpha value is -3.01. The second kappa shape index (κ2) is 4.77. The monoisotopic (exact) mass is 289 g/mol. The van der Waals surface area contributed by atoms with Crippen molar-refractivity contribution >= 4 is 39.1 Å². The van der Waals surface area contributed by atoms with E-state index in [9.17, 15) is 0 Å². The van der Waals surface area contributed by atoms with Gasteiger partial charge in [0.15, 0.2) is 5.58 Å². The van der Waals surface area contributed by atoms with Crippen LogP contribution in [-0.2, 0) is 0 Å². The Morgan fingerprint density at radius 3 is 2.82 bits per heavy atom. The highest BCUT2D eigenvalue weighted by Crippen LogP contribution is 2.29. The molecule has 0 unspecified atom stereocenters. The van der Waals surface area contributed by atoms with Gasteiger partial charge in [-0.15, -0.1) is 0 Å². The van der Waals surface area contributed by atoms with Crippen LogP contribution in [0, 0.1) is 6.92 Å². The maximum atomic E-state index is 5.96. The van der Waals surface area contributed by atoms with Crippen LogP contribution in [0.4, 0.5) is 17.2 Å². The van der Waals surface area contributed by atoms with E-state index in [1.807, 2.05) is 61.5 Å². The molecule has 4 rings (SSSR count). The number of hydrogen-bond donors (Lipinski definition) is 2. The number of benzene rings is 2. The third kappa shape index (κ3) is 2.05. The Labute approximate surface area is 127 Å². The second-order valence-electron chi connectivity index (χ2n) is 5.32. The Balaban J connectivity index is 1.79. The van der Waals surface area contributed by atoms with Crippen LogP contribution in [-0.4, -0.2) is 4.98 Å². The predicted molar refractivity (Wildman–Crippen MR) is 90.4 cm³/mol. The molecular formula is C18H15N3O. The molecule has 0 atom stereocenters. The van der Waals surface area contributed by atoms with Gasteiger partial charge in [0.25, 0.3) is 0 Å². The average Bonchev–Trinajstić information content (AvgIpc) is 2.89. The van der Waals surface area contributed by atoms with Crippen molar-refractivity contribution in [2.45, 2.75) is 6.92 Å². The number of pyridine rings is 1. The molecule has 0 bridgehead atoms. The van der Waals surface area contributed by atoms with Crippen molar-refractivity contribution in [3.63, 3.8) is 0 Å². The maximum absolute atomic E-state index is 5.96.